The molecule has 1 aromatic rings. The minimum Gasteiger partial charge on any atom is -0.352 e. The molecule has 0 saturated carbocycles. The van der Waals surface area contributed by atoms with Crippen LogP contribution in [-0.2, 0) is 19.4 Å². The number of likely N-dealkylation sites (tertiary alicyclic amines) is 1. The molecule has 3 aliphatic rings. The summed E-state index contributed by atoms with van der Waals surface area (Å²) < 4.78 is 23.1. The molecule has 4 rings (SSSR count). The van der Waals surface area contributed by atoms with Crippen molar-refractivity contribution in [3.63, 3.8) is 0 Å². The third-order valence-electron chi connectivity index (χ3n) is 6.01. The van der Waals surface area contributed by atoms with Gasteiger partial charge in [0.05, 0.1) is 11.5 Å². The second kappa shape index (κ2) is 10.3. The zero-order valence-electron chi connectivity index (χ0n) is 18.3. The van der Waals surface area contributed by atoms with Crippen molar-refractivity contribution in [3.8, 4) is 0 Å². The van der Waals surface area contributed by atoms with E-state index in [2.05, 4.69) is 20.5 Å². The average Bonchev–Trinajstić information content (AvgIpc) is 3.34. The minimum absolute atomic E-state index is 0.0108. The Hall–Kier alpha value is -2.40. The number of aliphatic imine (C=N–C) groups is 1. The highest BCUT2D eigenvalue weighted by atomic mass is 32.2. The molecule has 3 heterocycles. The van der Waals surface area contributed by atoms with E-state index in [9.17, 15) is 22.8 Å². The number of rotatable bonds is 6. The van der Waals surface area contributed by atoms with Gasteiger partial charge >= 0.3 is 0 Å². The largest absolute Gasteiger partial charge is 0.352 e. The Bertz CT molecular complexity index is 1070. The highest BCUT2D eigenvalue weighted by Gasteiger charge is 2.33. The molecular weight excluding hydrogens is 464 g/mol. The van der Waals surface area contributed by atoms with Crippen molar-refractivity contribution in [3.05, 3.63) is 29.8 Å². The fourth-order valence-corrected chi connectivity index (χ4v) is 7.20. The summed E-state index contributed by atoms with van der Waals surface area (Å²) >= 11 is 1.35. The van der Waals surface area contributed by atoms with Crippen LogP contribution < -0.4 is 10.6 Å². The van der Waals surface area contributed by atoms with Crippen LogP contribution >= 0.6 is 11.8 Å². The van der Waals surface area contributed by atoms with Crippen LogP contribution in [0, 0.1) is 5.92 Å². The number of hydrogen-bond acceptors (Lipinski definition) is 7. The summed E-state index contributed by atoms with van der Waals surface area (Å²) in [6, 6.07) is 6.54. The normalized spacial score (nSPS) is 24.4. The maximum atomic E-state index is 12.5. The Morgan fingerprint density at radius 2 is 1.97 bits per heavy atom. The van der Waals surface area contributed by atoms with E-state index in [-0.39, 0.29) is 41.6 Å². The zero-order chi connectivity index (χ0) is 23.4. The Balaban J connectivity index is 1.27. The maximum Gasteiger partial charge on any atom is 0.262 e. The number of hydrogen-bond donors (Lipinski definition) is 2. The van der Waals surface area contributed by atoms with Gasteiger partial charge in [0.25, 0.3) is 11.8 Å². The van der Waals surface area contributed by atoms with Crippen molar-refractivity contribution in [2.75, 3.05) is 36.5 Å². The van der Waals surface area contributed by atoms with Gasteiger partial charge in [-0.1, -0.05) is 17.8 Å². The van der Waals surface area contributed by atoms with Crippen LogP contribution in [0.2, 0.25) is 0 Å². The van der Waals surface area contributed by atoms with Crippen molar-refractivity contribution in [1.29, 1.82) is 0 Å². The molecule has 3 amide bonds. The molecule has 0 radical (unpaired) electrons. The first-order valence-corrected chi connectivity index (χ1v) is 13.9. The monoisotopic (exact) mass is 492 g/mol. The van der Waals surface area contributed by atoms with Crippen molar-refractivity contribution >= 4 is 50.2 Å². The summed E-state index contributed by atoms with van der Waals surface area (Å²) in [7, 11) is -2.99. The Labute approximate surface area is 197 Å². The van der Waals surface area contributed by atoms with Gasteiger partial charge in [-0.15, -0.1) is 0 Å². The Kier molecular flexibility index (Phi) is 7.38. The van der Waals surface area contributed by atoms with Gasteiger partial charge in [0, 0.05) is 37.3 Å². The topological polar surface area (TPSA) is 125 Å². The molecule has 178 valence electrons. The van der Waals surface area contributed by atoms with Gasteiger partial charge in [-0.2, -0.15) is 4.99 Å². The summed E-state index contributed by atoms with van der Waals surface area (Å²) in [5.41, 5.74) is 0.833. The van der Waals surface area contributed by atoms with Crippen LogP contribution in [0.3, 0.4) is 0 Å². The number of piperidine rings is 1. The number of carbonyl (C=O) groups excluding carboxylic acids is 3. The number of thioether (sulfide) groups is 1. The Morgan fingerprint density at radius 1 is 1.18 bits per heavy atom. The summed E-state index contributed by atoms with van der Waals surface area (Å²) in [4.78, 5) is 43.5. The van der Waals surface area contributed by atoms with Crippen LogP contribution in [0.4, 0.5) is 5.69 Å². The van der Waals surface area contributed by atoms with E-state index in [1.165, 1.54) is 18.2 Å². The van der Waals surface area contributed by atoms with Gasteiger partial charge in [-0.05, 0) is 49.8 Å². The predicted molar refractivity (Wildman–Crippen MR) is 128 cm³/mol. The van der Waals surface area contributed by atoms with Crippen LogP contribution in [0.5, 0.6) is 0 Å². The van der Waals surface area contributed by atoms with Gasteiger partial charge in [0.2, 0.25) is 5.91 Å². The first kappa shape index (κ1) is 23.7. The molecule has 1 aromatic carbocycles. The second-order valence-corrected chi connectivity index (χ2v) is 12.1. The quantitative estimate of drug-likeness (QED) is 0.619. The molecular formula is C22H28N4O5S2. The van der Waals surface area contributed by atoms with E-state index in [0.29, 0.717) is 29.4 Å². The summed E-state index contributed by atoms with van der Waals surface area (Å²) in [6.07, 6.45) is 3.93. The number of nitrogens with zero attached hydrogens (tertiary/aromatic N) is 2. The molecule has 3 aliphatic heterocycles. The van der Waals surface area contributed by atoms with E-state index >= 15 is 0 Å². The van der Waals surface area contributed by atoms with E-state index in [1.807, 2.05) is 0 Å². The van der Waals surface area contributed by atoms with Gasteiger partial charge in [0.1, 0.15) is 5.25 Å². The molecule has 2 saturated heterocycles. The third kappa shape index (κ3) is 6.35. The predicted octanol–water partition coefficient (Wildman–Crippen LogP) is 1.66. The number of amides is 3. The van der Waals surface area contributed by atoms with E-state index in [0.717, 1.165) is 25.9 Å². The smallest absolute Gasteiger partial charge is 0.262 e. The average molecular weight is 493 g/mol. The van der Waals surface area contributed by atoms with Crippen molar-refractivity contribution in [2.45, 2.75) is 37.4 Å². The van der Waals surface area contributed by atoms with Crippen LogP contribution in [0.1, 0.15) is 42.5 Å². The fourth-order valence-electron chi connectivity index (χ4n) is 4.22. The van der Waals surface area contributed by atoms with Crippen molar-refractivity contribution in [2.24, 2.45) is 10.9 Å². The van der Waals surface area contributed by atoms with Crippen LogP contribution in [0.15, 0.2) is 29.3 Å². The highest BCUT2D eigenvalue weighted by Crippen LogP contribution is 2.29. The van der Waals surface area contributed by atoms with Crippen molar-refractivity contribution in [1.82, 2.24) is 10.2 Å². The summed E-state index contributed by atoms with van der Waals surface area (Å²) in [6.45, 7) is 2.09. The fraction of sp³-hybridized carbons (Fsp3) is 0.545. The number of carbonyl (C=O) groups is 3. The molecule has 0 aliphatic carbocycles. The first-order chi connectivity index (χ1) is 15.8. The van der Waals surface area contributed by atoms with Gasteiger partial charge in [-0.25, -0.2) is 8.42 Å². The highest BCUT2D eigenvalue weighted by molar-refractivity contribution is 8.15. The summed E-state index contributed by atoms with van der Waals surface area (Å²) in [5, 5.41) is 5.72. The minimum atomic E-state index is -2.99. The van der Waals surface area contributed by atoms with Crippen LogP contribution in [-0.4, -0.2) is 72.6 Å². The second-order valence-electron chi connectivity index (χ2n) is 8.70. The number of sulfone groups is 1. The number of benzene rings is 1. The van der Waals surface area contributed by atoms with E-state index < -0.39 is 15.1 Å². The van der Waals surface area contributed by atoms with Gasteiger partial charge in [0.15, 0.2) is 15.0 Å². The lowest BCUT2D eigenvalue weighted by Gasteiger charge is -2.27. The van der Waals surface area contributed by atoms with E-state index in [4.69, 9.17) is 0 Å². The number of anilines is 1. The lowest BCUT2D eigenvalue weighted by Crippen LogP contribution is -2.33. The number of amidine groups is 1. The van der Waals surface area contributed by atoms with E-state index in [1.54, 1.807) is 24.3 Å². The molecule has 0 spiro atoms. The molecule has 2 fully saturated rings. The molecule has 2 atom stereocenters. The summed E-state index contributed by atoms with van der Waals surface area (Å²) in [5.74, 6) is -0.717. The molecule has 0 aromatic heterocycles. The molecule has 33 heavy (non-hydrogen) atoms. The molecule has 2 N–H and O–H groups in total. The lowest BCUT2D eigenvalue weighted by molar-refractivity contribution is -0.121. The number of nitrogens with one attached hydrogen (secondary N) is 2. The van der Waals surface area contributed by atoms with Crippen molar-refractivity contribution < 1.29 is 22.8 Å². The lowest BCUT2D eigenvalue weighted by atomic mass is 10.1. The SMILES string of the molecule is O=C(CC1SC(N2CCCCC2)=NC1=O)Nc1cccc(C(=O)NCC2CCS(=O)(=O)C2)c1. The maximum absolute atomic E-state index is 12.5. The molecule has 9 nitrogen and oxygen atoms in total. The van der Waals surface area contributed by atoms with Gasteiger partial charge < -0.3 is 15.5 Å². The molecule has 0 bridgehead atoms. The first-order valence-electron chi connectivity index (χ1n) is 11.2. The Morgan fingerprint density at radius 3 is 2.70 bits per heavy atom. The van der Waals surface area contributed by atoms with Crippen LogP contribution in [0.25, 0.3) is 0 Å². The third-order valence-corrected chi connectivity index (χ3v) is 9.06. The molecule has 11 heteroatoms. The standard InChI is InChI=1S/C22H28N4O5S2/c27-19(12-18-21(29)25-22(32-18)26-8-2-1-3-9-26)24-17-6-4-5-16(11-17)20(28)23-13-15-7-10-33(30,31)14-15/h4-6,11,15,18H,1-3,7-10,12-14H2,(H,23,28)(H,24,27). The molecule has 2 unspecified atom stereocenters. The zero-order valence-corrected chi connectivity index (χ0v) is 19.9. The van der Waals surface area contributed by atoms with Gasteiger partial charge in [-0.3, -0.25) is 14.4 Å².